The number of aromatic amines is 1. The maximum absolute atomic E-state index is 12.2. The molecule has 0 aliphatic carbocycles. The van der Waals surface area contributed by atoms with E-state index in [9.17, 15) is 9.59 Å². The van der Waals surface area contributed by atoms with Crippen LogP contribution in [0, 0.1) is 6.92 Å². The van der Waals surface area contributed by atoms with Gasteiger partial charge in [0.15, 0.2) is 5.82 Å². The van der Waals surface area contributed by atoms with Crippen LogP contribution in [0.3, 0.4) is 0 Å². The van der Waals surface area contributed by atoms with E-state index in [1.165, 1.54) is 0 Å². The number of hydrogen-bond donors (Lipinski definition) is 2. The summed E-state index contributed by atoms with van der Waals surface area (Å²) in [4.78, 5) is 31.6. The average molecular weight is 251 g/mol. The van der Waals surface area contributed by atoms with Crippen LogP contribution in [-0.2, 0) is 4.79 Å². The van der Waals surface area contributed by atoms with E-state index in [1.54, 1.807) is 11.1 Å². The lowest BCUT2D eigenvalue weighted by Gasteiger charge is -2.34. The van der Waals surface area contributed by atoms with Crippen molar-refractivity contribution in [2.24, 2.45) is 0 Å². The lowest BCUT2D eigenvalue weighted by Crippen LogP contribution is -2.45. The van der Waals surface area contributed by atoms with Crippen LogP contribution in [0.4, 0.5) is 0 Å². The molecule has 2 N–H and O–H groups in total. The van der Waals surface area contributed by atoms with E-state index in [0.29, 0.717) is 12.4 Å². The lowest BCUT2D eigenvalue weighted by molar-refractivity contribution is -0.138. The number of carboxylic acid groups (broad SMARTS) is 1. The van der Waals surface area contributed by atoms with Gasteiger partial charge in [0, 0.05) is 24.5 Å². The summed E-state index contributed by atoms with van der Waals surface area (Å²) in [6.07, 6.45) is 4.24. The molecule has 6 nitrogen and oxygen atoms in total. The van der Waals surface area contributed by atoms with E-state index >= 15 is 0 Å². The Labute approximate surface area is 105 Å². The summed E-state index contributed by atoms with van der Waals surface area (Å²) in [5.74, 6) is -0.769. The number of carbonyl (C=O) groups is 2. The fourth-order valence-corrected chi connectivity index (χ4v) is 2.34. The first-order valence-electron chi connectivity index (χ1n) is 6.12. The van der Waals surface area contributed by atoms with Crippen molar-refractivity contribution >= 4 is 11.9 Å². The number of likely N-dealkylation sites (tertiary alicyclic amines) is 1. The van der Waals surface area contributed by atoms with Crippen molar-refractivity contribution < 1.29 is 14.7 Å². The summed E-state index contributed by atoms with van der Waals surface area (Å²) in [5.41, 5.74) is 0.824. The summed E-state index contributed by atoms with van der Waals surface area (Å²) < 4.78 is 0. The van der Waals surface area contributed by atoms with Crippen molar-refractivity contribution in [3.63, 3.8) is 0 Å². The van der Waals surface area contributed by atoms with Gasteiger partial charge in [0.05, 0.1) is 6.42 Å². The highest BCUT2D eigenvalue weighted by Gasteiger charge is 2.30. The Morgan fingerprint density at radius 3 is 2.94 bits per heavy atom. The number of piperidine rings is 1. The van der Waals surface area contributed by atoms with Gasteiger partial charge in [-0.3, -0.25) is 9.59 Å². The van der Waals surface area contributed by atoms with Crippen LogP contribution >= 0.6 is 0 Å². The molecular formula is C12H17N3O3. The highest BCUT2D eigenvalue weighted by atomic mass is 16.4. The monoisotopic (exact) mass is 251 g/mol. The molecule has 0 saturated carbocycles. The number of nitrogens with zero attached hydrogens (tertiary/aromatic N) is 2. The van der Waals surface area contributed by atoms with Gasteiger partial charge in [0.2, 0.25) is 0 Å². The quantitative estimate of drug-likeness (QED) is 0.844. The van der Waals surface area contributed by atoms with E-state index in [2.05, 4.69) is 9.97 Å². The first-order valence-corrected chi connectivity index (χ1v) is 6.12. The summed E-state index contributed by atoms with van der Waals surface area (Å²) in [5, 5.41) is 8.88. The first-order chi connectivity index (χ1) is 8.58. The van der Waals surface area contributed by atoms with Crippen LogP contribution in [0.2, 0.25) is 0 Å². The van der Waals surface area contributed by atoms with Crippen molar-refractivity contribution in [3.05, 3.63) is 17.7 Å². The Hall–Kier alpha value is -1.85. The predicted molar refractivity (Wildman–Crippen MR) is 64.3 cm³/mol. The number of rotatable bonds is 3. The van der Waals surface area contributed by atoms with Crippen molar-refractivity contribution in [1.82, 2.24) is 14.9 Å². The molecule has 0 spiro atoms. The van der Waals surface area contributed by atoms with Crippen molar-refractivity contribution in [1.29, 1.82) is 0 Å². The molecule has 2 rings (SSSR count). The third kappa shape index (κ3) is 2.69. The van der Waals surface area contributed by atoms with Gasteiger partial charge in [-0.1, -0.05) is 0 Å². The molecule has 0 radical (unpaired) electrons. The molecule has 1 aliphatic heterocycles. The highest BCUT2D eigenvalue weighted by Crippen LogP contribution is 2.21. The fraction of sp³-hybridized carbons (Fsp3) is 0.583. The van der Waals surface area contributed by atoms with Crippen LogP contribution in [0.5, 0.6) is 0 Å². The number of aromatic nitrogens is 2. The number of aliphatic carboxylic acids is 1. The molecule has 6 heteroatoms. The Balaban J connectivity index is 2.13. The molecule has 1 amide bonds. The van der Waals surface area contributed by atoms with E-state index < -0.39 is 5.97 Å². The molecule has 98 valence electrons. The molecule has 0 aromatic carbocycles. The largest absolute Gasteiger partial charge is 0.481 e. The molecule has 18 heavy (non-hydrogen) atoms. The minimum Gasteiger partial charge on any atom is -0.481 e. The maximum Gasteiger partial charge on any atom is 0.305 e. The van der Waals surface area contributed by atoms with E-state index in [4.69, 9.17) is 5.11 Å². The summed E-state index contributed by atoms with van der Waals surface area (Å²) in [7, 11) is 0. The molecule has 1 saturated heterocycles. The Morgan fingerprint density at radius 1 is 1.56 bits per heavy atom. The van der Waals surface area contributed by atoms with Gasteiger partial charge in [-0.05, 0) is 26.2 Å². The zero-order chi connectivity index (χ0) is 13.1. The van der Waals surface area contributed by atoms with Crippen LogP contribution in [0.25, 0.3) is 0 Å². The fourth-order valence-electron chi connectivity index (χ4n) is 2.34. The number of H-pyrrole nitrogens is 1. The van der Waals surface area contributed by atoms with E-state index in [-0.39, 0.29) is 18.4 Å². The zero-order valence-electron chi connectivity index (χ0n) is 10.3. The van der Waals surface area contributed by atoms with Crippen molar-refractivity contribution in [2.45, 2.75) is 38.6 Å². The third-order valence-corrected chi connectivity index (χ3v) is 3.20. The second kappa shape index (κ2) is 5.20. The molecule has 1 aromatic heterocycles. The molecule has 1 fully saturated rings. The smallest absolute Gasteiger partial charge is 0.305 e. The van der Waals surface area contributed by atoms with Crippen LogP contribution in [0.1, 0.15) is 42.0 Å². The van der Waals surface area contributed by atoms with Gasteiger partial charge in [0.1, 0.15) is 0 Å². The van der Waals surface area contributed by atoms with E-state index in [0.717, 1.165) is 25.0 Å². The number of hydrogen-bond acceptors (Lipinski definition) is 3. The minimum absolute atomic E-state index is 0.00539. The van der Waals surface area contributed by atoms with Gasteiger partial charge in [-0.15, -0.1) is 0 Å². The summed E-state index contributed by atoms with van der Waals surface area (Å²) in [6.45, 7) is 2.44. The molecule has 1 aromatic rings. The second-order valence-electron chi connectivity index (χ2n) is 4.66. The minimum atomic E-state index is -0.865. The van der Waals surface area contributed by atoms with Crippen LogP contribution in [0.15, 0.2) is 6.20 Å². The SMILES string of the molecule is Cc1cnc(C(=O)N2CCCCC2CC(=O)O)[nH]1. The number of nitrogens with one attached hydrogen (secondary N) is 1. The zero-order valence-corrected chi connectivity index (χ0v) is 10.3. The average Bonchev–Trinajstić information content (AvgIpc) is 2.75. The number of carbonyl (C=O) groups excluding carboxylic acids is 1. The number of amides is 1. The van der Waals surface area contributed by atoms with Gasteiger partial charge < -0.3 is 15.0 Å². The van der Waals surface area contributed by atoms with E-state index in [1.807, 2.05) is 6.92 Å². The van der Waals surface area contributed by atoms with Gasteiger partial charge in [-0.25, -0.2) is 4.98 Å². The normalized spacial score (nSPS) is 19.8. The summed E-state index contributed by atoms with van der Waals surface area (Å²) in [6, 6.07) is -0.214. The molecule has 0 bridgehead atoms. The molecule has 2 heterocycles. The Kier molecular flexibility index (Phi) is 3.64. The van der Waals surface area contributed by atoms with Gasteiger partial charge in [0.25, 0.3) is 5.91 Å². The Morgan fingerprint density at radius 2 is 2.33 bits per heavy atom. The highest BCUT2D eigenvalue weighted by molar-refractivity contribution is 5.91. The molecular weight excluding hydrogens is 234 g/mol. The predicted octanol–water partition coefficient (Wildman–Crippen LogP) is 1.19. The maximum atomic E-state index is 12.2. The summed E-state index contributed by atoms with van der Waals surface area (Å²) >= 11 is 0. The van der Waals surface area contributed by atoms with Crippen LogP contribution in [-0.4, -0.2) is 44.4 Å². The number of imidazole rings is 1. The molecule has 1 atom stereocenters. The third-order valence-electron chi connectivity index (χ3n) is 3.20. The Bertz CT molecular complexity index is 455. The number of aryl methyl sites for hydroxylation is 1. The topological polar surface area (TPSA) is 86.3 Å². The van der Waals surface area contributed by atoms with Gasteiger partial charge >= 0.3 is 5.97 Å². The van der Waals surface area contributed by atoms with Crippen LogP contribution < -0.4 is 0 Å². The second-order valence-corrected chi connectivity index (χ2v) is 4.66. The molecule has 1 aliphatic rings. The number of carboxylic acids is 1. The standard InChI is InChI=1S/C12H17N3O3/c1-8-7-13-11(14-8)12(18)15-5-3-2-4-9(15)6-10(16)17/h7,9H,2-6H2,1H3,(H,13,14)(H,16,17). The van der Waals surface area contributed by atoms with Crippen molar-refractivity contribution in [2.75, 3.05) is 6.54 Å². The van der Waals surface area contributed by atoms with Crippen molar-refractivity contribution in [3.8, 4) is 0 Å². The lowest BCUT2D eigenvalue weighted by atomic mass is 9.99. The first kappa shape index (κ1) is 12.6. The van der Waals surface area contributed by atoms with Gasteiger partial charge in [-0.2, -0.15) is 0 Å². The molecule has 1 unspecified atom stereocenters.